The van der Waals surface area contributed by atoms with Crippen LogP contribution >= 0.6 is 11.3 Å². The van der Waals surface area contributed by atoms with Crippen LogP contribution in [0.4, 0.5) is 5.69 Å². The topological polar surface area (TPSA) is 66.4 Å². The maximum absolute atomic E-state index is 12.2. The summed E-state index contributed by atoms with van der Waals surface area (Å²) in [6.07, 6.45) is 0.792. The normalized spacial score (nSPS) is 10.3. The molecule has 0 saturated heterocycles. The SMILES string of the molecule is CCc1ccsc1C(=O)Nc1ccc(C)c(C(=O)O)c1. The number of amides is 1. The number of carboxylic acid groups (broad SMARTS) is 1. The lowest BCUT2D eigenvalue weighted by molar-refractivity contribution is 0.0695. The number of carbonyl (C=O) groups excluding carboxylic acids is 1. The fraction of sp³-hybridized carbons (Fsp3) is 0.200. The van der Waals surface area contributed by atoms with Crippen molar-refractivity contribution < 1.29 is 14.7 Å². The Morgan fingerprint density at radius 2 is 2.05 bits per heavy atom. The Kier molecular flexibility index (Phi) is 4.20. The third kappa shape index (κ3) is 2.88. The first-order chi connectivity index (χ1) is 9.52. The predicted octanol–water partition coefficient (Wildman–Crippen LogP) is 3.57. The summed E-state index contributed by atoms with van der Waals surface area (Å²) in [6, 6.07) is 6.80. The highest BCUT2D eigenvalue weighted by atomic mass is 32.1. The minimum atomic E-state index is -0.996. The second kappa shape index (κ2) is 5.88. The maximum Gasteiger partial charge on any atom is 0.336 e. The predicted molar refractivity (Wildman–Crippen MR) is 79.8 cm³/mol. The number of carbonyl (C=O) groups is 2. The molecule has 0 radical (unpaired) electrons. The van der Waals surface area contributed by atoms with E-state index in [2.05, 4.69) is 5.32 Å². The quantitative estimate of drug-likeness (QED) is 0.904. The van der Waals surface area contributed by atoms with E-state index in [0.29, 0.717) is 16.1 Å². The Bertz CT molecular complexity index is 661. The van der Waals surface area contributed by atoms with Crippen LogP contribution in [0, 0.1) is 6.92 Å². The zero-order valence-electron chi connectivity index (χ0n) is 11.3. The van der Waals surface area contributed by atoms with E-state index >= 15 is 0 Å². The van der Waals surface area contributed by atoms with Crippen LogP contribution in [0.3, 0.4) is 0 Å². The highest BCUT2D eigenvalue weighted by Crippen LogP contribution is 2.21. The molecule has 4 nitrogen and oxygen atoms in total. The Labute approximate surface area is 121 Å². The van der Waals surface area contributed by atoms with Gasteiger partial charge in [0, 0.05) is 5.69 Å². The van der Waals surface area contributed by atoms with Gasteiger partial charge in [-0.05, 0) is 48.1 Å². The lowest BCUT2D eigenvalue weighted by Crippen LogP contribution is -2.13. The minimum Gasteiger partial charge on any atom is -0.478 e. The number of thiophene rings is 1. The van der Waals surface area contributed by atoms with Crippen LogP contribution in [-0.2, 0) is 6.42 Å². The van der Waals surface area contributed by atoms with E-state index in [-0.39, 0.29) is 11.5 Å². The van der Waals surface area contributed by atoms with Gasteiger partial charge in [-0.2, -0.15) is 0 Å². The molecule has 0 saturated carbocycles. The van der Waals surface area contributed by atoms with Crippen molar-refractivity contribution in [3.63, 3.8) is 0 Å². The summed E-state index contributed by atoms with van der Waals surface area (Å²) >= 11 is 1.39. The second-order valence-corrected chi connectivity index (χ2v) is 5.33. The summed E-state index contributed by atoms with van der Waals surface area (Å²) in [5, 5.41) is 13.7. The molecule has 1 aromatic heterocycles. The molecule has 0 spiro atoms. The fourth-order valence-corrected chi connectivity index (χ4v) is 2.82. The zero-order chi connectivity index (χ0) is 14.7. The molecule has 104 valence electrons. The van der Waals surface area contributed by atoms with Crippen molar-refractivity contribution in [3.05, 3.63) is 51.2 Å². The van der Waals surface area contributed by atoms with Crippen molar-refractivity contribution in [3.8, 4) is 0 Å². The van der Waals surface area contributed by atoms with Crippen LogP contribution < -0.4 is 5.32 Å². The Hall–Kier alpha value is -2.14. The van der Waals surface area contributed by atoms with E-state index in [9.17, 15) is 9.59 Å². The highest BCUT2D eigenvalue weighted by molar-refractivity contribution is 7.12. The van der Waals surface area contributed by atoms with Gasteiger partial charge in [-0.25, -0.2) is 4.79 Å². The summed E-state index contributed by atoms with van der Waals surface area (Å²) in [5.74, 6) is -1.19. The van der Waals surface area contributed by atoms with Gasteiger partial charge in [-0.15, -0.1) is 11.3 Å². The zero-order valence-corrected chi connectivity index (χ0v) is 12.1. The van der Waals surface area contributed by atoms with Gasteiger partial charge in [0.15, 0.2) is 0 Å². The maximum atomic E-state index is 12.2. The van der Waals surface area contributed by atoms with Crippen molar-refractivity contribution in [2.45, 2.75) is 20.3 Å². The Morgan fingerprint density at radius 3 is 2.70 bits per heavy atom. The van der Waals surface area contributed by atoms with E-state index < -0.39 is 5.97 Å². The third-order valence-corrected chi connectivity index (χ3v) is 4.02. The number of rotatable bonds is 4. The lowest BCUT2D eigenvalue weighted by atomic mass is 10.1. The number of nitrogens with one attached hydrogen (secondary N) is 1. The monoisotopic (exact) mass is 289 g/mol. The van der Waals surface area contributed by atoms with Gasteiger partial charge in [0.05, 0.1) is 10.4 Å². The molecule has 2 aromatic rings. The van der Waals surface area contributed by atoms with Crippen LogP contribution in [0.2, 0.25) is 0 Å². The number of benzene rings is 1. The van der Waals surface area contributed by atoms with Gasteiger partial charge in [-0.1, -0.05) is 13.0 Å². The molecule has 0 atom stereocenters. The average molecular weight is 289 g/mol. The molecule has 0 bridgehead atoms. The lowest BCUT2D eigenvalue weighted by Gasteiger charge is -2.08. The van der Waals surface area contributed by atoms with Crippen molar-refractivity contribution in [1.82, 2.24) is 0 Å². The summed E-state index contributed by atoms with van der Waals surface area (Å²) < 4.78 is 0. The van der Waals surface area contributed by atoms with Crippen LogP contribution in [0.5, 0.6) is 0 Å². The molecule has 0 aliphatic carbocycles. The molecule has 5 heteroatoms. The number of hydrogen-bond donors (Lipinski definition) is 2. The van der Waals surface area contributed by atoms with Gasteiger partial charge in [0.25, 0.3) is 5.91 Å². The average Bonchev–Trinajstić information content (AvgIpc) is 2.89. The molecule has 20 heavy (non-hydrogen) atoms. The minimum absolute atomic E-state index is 0.197. The van der Waals surface area contributed by atoms with Gasteiger partial charge in [-0.3, -0.25) is 4.79 Å². The summed E-state index contributed by atoms with van der Waals surface area (Å²) in [7, 11) is 0. The molecular weight excluding hydrogens is 274 g/mol. The van der Waals surface area contributed by atoms with Crippen molar-refractivity contribution in [1.29, 1.82) is 0 Å². The second-order valence-electron chi connectivity index (χ2n) is 4.42. The first kappa shape index (κ1) is 14.3. The molecule has 2 rings (SSSR count). The third-order valence-electron chi connectivity index (χ3n) is 3.06. The number of aryl methyl sites for hydroxylation is 2. The first-order valence-electron chi connectivity index (χ1n) is 6.24. The molecule has 0 fully saturated rings. The van der Waals surface area contributed by atoms with Gasteiger partial charge in [0.1, 0.15) is 0 Å². The molecule has 1 heterocycles. The van der Waals surface area contributed by atoms with Crippen LogP contribution in [0.1, 0.15) is 38.1 Å². The molecule has 0 aliphatic heterocycles. The van der Waals surface area contributed by atoms with E-state index in [0.717, 1.165) is 12.0 Å². The standard InChI is InChI=1S/C15H15NO3S/c1-3-10-6-7-20-13(10)14(17)16-11-5-4-9(2)12(8-11)15(18)19/h4-8H,3H2,1-2H3,(H,16,17)(H,18,19). The Balaban J connectivity index is 2.24. The molecular formula is C15H15NO3S. The van der Waals surface area contributed by atoms with E-state index in [4.69, 9.17) is 5.11 Å². The number of anilines is 1. The van der Waals surface area contributed by atoms with Crippen molar-refractivity contribution in [2.75, 3.05) is 5.32 Å². The van der Waals surface area contributed by atoms with Gasteiger partial charge < -0.3 is 10.4 Å². The van der Waals surface area contributed by atoms with Crippen molar-refractivity contribution in [2.24, 2.45) is 0 Å². The molecule has 1 aromatic carbocycles. The largest absolute Gasteiger partial charge is 0.478 e. The van der Waals surface area contributed by atoms with Gasteiger partial charge >= 0.3 is 5.97 Å². The molecule has 1 amide bonds. The van der Waals surface area contributed by atoms with Crippen LogP contribution in [0.25, 0.3) is 0 Å². The Morgan fingerprint density at radius 1 is 1.30 bits per heavy atom. The molecule has 0 unspecified atom stereocenters. The number of hydrogen-bond acceptors (Lipinski definition) is 3. The smallest absolute Gasteiger partial charge is 0.336 e. The first-order valence-corrected chi connectivity index (χ1v) is 7.12. The molecule has 2 N–H and O–H groups in total. The van der Waals surface area contributed by atoms with E-state index in [1.54, 1.807) is 19.1 Å². The molecule has 0 aliphatic rings. The van der Waals surface area contributed by atoms with Crippen molar-refractivity contribution >= 4 is 28.9 Å². The van der Waals surface area contributed by atoms with Crippen LogP contribution in [0.15, 0.2) is 29.6 Å². The summed E-state index contributed by atoms with van der Waals surface area (Å²) in [5.41, 5.74) is 2.36. The number of carboxylic acids is 1. The highest BCUT2D eigenvalue weighted by Gasteiger charge is 2.14. The van der Waals surface area contributed by atoms with Gasteiger partial charge in [0.2, 0.25) is 0 Å². The number of aromatic carboxylic acids is 1. The van der Waals surface area contributed by atoms with Crippen LogP contribution in [-0.4, -0.2) is 17.0 Å². The summed E-state index contributed by atoms with van der Waals surface area (Å²) in [6.45, 7) is 3.72. The fourth-order valence-electron chi connectivity index (χ4n) is 1.93. The van der Waals surface area contributed by atoms with E-state index in [1.165, 1.54) is 17.4 Å². The van der Waals surface area contributed by atoms with E-state index in [1.807, 2.05) is 18.4 Å². The summed E-state index contributed by atoms with van der Waals surface area (Å²) in [4.78, 5) is 23.9.